The fourth-order valence-electron chi connectivity index (χ4n) is 7.75. The second-order valence-electron chi connectivity index (χ2n) is 19.9. The van der Waals surface area contributed by atoms with Gasteiger partial charge < -0.3 is 28.5 Å². The van der Waals surface area contributed by atoms with Crippen LogP contribution in [0.2, 0.25) is 0 Å². The smallest absolute Gasteiger partial charge is 0.361 e. The van der Waals surface area contributed by atoms with Gasteiger partial charge in [-0.1, -0.05) is 229 Å². The average Bonchev–Trinajstić information content (AvgIpc) is 3.30. The normalized spacial score (nSPS) is 13.2. The Hall–Kier alpha value is -3.01. The molecule has 0 aliphatic rings. The minimum absolute atomic E-state index is 0.180. The number of hydrogen-bond acceptors (Lipinski definition) is 7. The lowest BCUT2D eigenvalue weighted by Gasteiger charge is -2.25. The maximum Gasteiger partial charge on any atom is 0.361 e. The highest BCUT2D eigenvalue weighted by molar-refractivity contribution is 5.71. The molecule has 0 heterocycles. The quantitative estimate of drug-likeness (QED) is 0.0211. The first-order chi connectivity index (χ1) is 33.1. The van der Waals surface area contributed by atoms with E-state index in [2.05, 4.69) is 74.6 Å². The highest BCUT2D eigenvalue weighted by Gasteiger charge is 2.25. The van der Waals surface area contributed by atoms with E-state index in [0.29, 0.717) is 17.4 Å². The van der Waals surface area contributed by atoms with Crippen LogP contribution in [0.3, 0.4) is 0 Å². The maximum atomic E-state index is 12.8. The molecule has 0 aromatic rings. The summed E-state index contributed by atoms with van der Waals surface area (Å²) >= 11 is 0. The molecular weight excluding hydrogens is 851 g/mol. The van der Waals surface area contributed by atoms with Crippen LogP contribution in [0, 0.1) is 0 Å². The third-order valence-corrected chi connectivity index (χ3v) is 12.0. The van der Waals surface area contributed by atoms with Crippen molar-refractivity contribution in [2.24, 2.45) is 0 Å². The molecule has 1 N–H and O–H groups in total. The number of carboxylic acids is 1. The van der Waals surface area contributed by atoms with E-state index in [0.717, 1.165) is 70.6 Å². The summed E-state index contributed by atoms with van der Waals surface area (Å²) in [5, 5.41) is 9.62. The number of aliphatic carboxylic acids is 1. The average molecular weight is 957 g/mol. The van der Waals surface area contributed by atoms with Crippen molar-refractivity contribution in [1.82, 2.24) is 0 Å². The Morgan fingerprint density at radius 1 is 0.456 bits per heavy atom. The summed E-state index contributed by atoms with van der Waals surface area (Å²) in [5.74, 6) is -2.01. The molecule has 2 atom stereocenters. The van der Waals surface area contributed by atoms with Gasteiger partial charge in [-0.3, -0.25) is 9.59 Å². The summed E-state index contributed by atoms with van der Waals surface area (Å²) in [6.07, 6.45) is 60.8. The van der Waals surface area contributed by atoms with E-state index in [9.17, 15) is 19.5 Å². The number of ether oxygens (including phenoxy) is 4. The molecule has 2 unspecified atom stereocenters. The van der Waals surface area contributed by atoms with E-state index >= 15 is 0 Å². The molecule has 0 aliphatic carbocycles. The molecule has 68 heavy (non-hydrogen) atoms. The van der Waals surface area contributed by atoms with Crippen molar-refractivity contribution >= 4 is 17.9 Å². The summed E-state index contributed by atoms with van der Waals surface area (Å²) in [7, 11) is 5.95. The van der Waals surface area contributed by atoms with Gasteiger partial charge in [0.2, 0.25) is 0 Å². The number of allylic oxidation sites excluding steroid dienone is 10. The van der Waals surface area contributed by atoms with Gasteiger partial charge in [-0.25, -0.2) is 4.79 Å². The molecule has 0 amide bonds. The zero-order valence-corrected chi connectivity index (χ0v) is 44.8. The monoisotopic (exact) mass is 957 g/mol. The topological polar surface area (TPSA) is 108 Å². The molecule has 0 radical (unpaired) electrons. The van der Waals surface area contributed by atoms with Gasteiger partial charge in [-0.05, 0) is 57.8 Å². The van der Waals surface area contributed by atoms with Gasteiger partial charge in [0.15, 0.2) is 6.10 Å². The molecule has 0 aromatic heterocycles. The van der Waals surface area contributed by atoms with Crippen LogP contribution in [0.25, 0.3) is 0 Å². The van der Waals surface area contributed by atoms with Crippen LogP contribution in [0.5, 0.6) is 0 Å². The molecule has 0 rings (SSSR count). The lowest BCUT2D eigenvalue weighted by molar-refractivity contribution is -0.870. The molecule has 0 bridgehead atoms. The number of rotatable bonds is 51. The SMILES string of the molecule is CC/C=C\C/C=C\C/C=C\C/C=C\C/C=C\CCCCCCCCCCCCCCCCCCCCCCCC(=O)OC(COC(=O)CCCCCCCC)COC(OCC[N+](C)(C)C)C(=O)O. The van der Waals surface area contributed by atoms with Crippen LogP contribution in [0.15, 0.2) is 60.8 Å². The van der Waals surface area contributed by atoms with Crippen molar-refractivity contribution in [3.63, 3.8) is 0 Å². The number of hydrogen-bond donors (Lipinski definition) is 1. The van der Waals surface area contributed by atoms with Gasteiger partial charge in [-0.2, -0.15) is 0 Å². The van der Waals surface area contributed by atoms with Crippen LogP contribution in [0.4, 0.5) is 0 Å². The van der Waals surface area contributed by atoms with Crippen LogP contribution in [-0.2, 0) is 33.3 Å². The fraction of sp³-hybridized carbons (Fsp3) is 0.780. The lowest BCUT2D eigenvalue weighted by atomic mass is 10.0. The number of unbranched alkanes of at least 4 members (excludes halogenated alkanes) is 26. The van der Waals surface area contributed by atoms with E-state index in [1.165, 1.54) is 141 Å². The Bertz CT molecular complexity index is 1300. The van der Waals surface area contributed by atoms with E-state index in [4.69, 9.17) is 18.9 Å². The van der Waals surface area contributed by atoms with E-state index in [-0.39, 0.29) is 32.2 Å². The molecule has 0 fully saturated rings. The Labute approximate surface area is 418 Å². The minimum Gasteiger partial charge on any atom is -0.477 e. The van der Waals surface area contributed by atoms with Gasteiger partial charge in [0, 0.05) is 12.8 Å². The van der Waals surface area contributed by atoms with Gasteiger partial charge in [0.25, 0.3) is 6.29 Å². The predicted molar refractivity (Wildman–Crippen MR) is 286 cm³/mol. The van der Waals surface area contributed by atoms with Crippen LogP contribution < -0.4 is 0 Å². The van der Waals surface area contributed by atoms with Crippen molar-refractivity contribution in [1.29, 1.82) is 0 Å². The summed E-state index contributed by atoms with van der Waals surface area (Å²) < 4.78 is 22.7. The molecule has 394 valence electrons. The molecule has 9 nitrogen and oxygen atoms in total. The Morgan fingerprint density at radius 2 is 0.838 bits per heavy atom. The molecule has 0 aromatic carbocycles. The number of carbonyl (C=O) groups is 3. The van der Waals surface area contributed by atoms with Gasteiger partial charge >= 0.3 is 17.9 Å². The maximum absolute atomic E-state index is 12.8. The molecule has 0 saturated carbocycles. The summed E-state index contributed by atoms with van der Waals surface area (Å²) in [6, 6.07) is 0. The van der Waals surface area contributed by atoms with Gasteiger partial charge in [-0.15, -0.1) is 0 Å². The lowest BCUT2D eigenvalue weighted by Crippen LogP contribution is -2.40. The van der Waals surface area contributed by atoms with Crippen molar-refractivity contribution in [3.8, 4) is 0 Å². The number of likely N-dealkylation sites (N-methyl/N-ethyl adjacent to an activating group) is 1. The third kappa shape index (κ3) is 50.9. The van der Waals surface area contributed by atoms with Crippen molar-refractivity contribution in [2.75, 3.05) is 47.5 Å². The Balaban J connectivity index is 3.87. The first-order valence-corrected chi connectivity index (χ1v) is 28.0. The van der Waals surface area contributed by atoms with Crippen LogP contribution >= 0.6 is 0 Å². The van der Waals surface area contributed by atoms with Gasteiger partial charge in [0.1, 0.15) is 13.2 Å². The van der Waals surface area contributed by atoms with Crippen molar-refractivity contribution < 1.29 is 42.9 Å². The largest absolute Gasteiger partial charge is 0.477 e. The molecule has 0 saturated heterocycles. The van der Waals surface area contributed by atoms with Gasteiger partial charge in [0.05, 0.1) is 34.4 Å². The highest BCUT2D eigenvalue weighted by atomic mass is 16.7. The third-order valence-electron chi connectivity index (χ3n) is 12.0. The van der Waals surface area contributed by atoms with Crippen LogP contribution in [0.1, 0.15) is 239 Å². The zero-order chi connectivity index (χ0) is 49.9. The summed E-state index contributed by atoms with van der Waals surface area (Å²) in [4.78, 5) is 37.0. The molecule has 9 heteroatoms. The Morgan fingerprint density at radius 3 is 1.25 bits per heavy atom. The zero-order valence-electron chi connectivity index (χ0n) is 44.8. The first-order valence-electron chi connectivity index (χ1n) is 28.0. The highest BCUT2D eigenvalue weighted by Crippen LogP contribution is 2.17. The molecule has 0 aliphatic heterocycles. The minimum atomic E-state index is -1.50. The Kier molecular flexibility index (Phi) is 48.2. The van der Waals surface area contributed by atoms with E-state index < -0.39 is 24.3 Å². The van der Waals surface area contributed by atoms with Crippen molar-refractivity contribution in [3.05, 3.63) is 60.8 Å². The van der Waals surface area contributed by atoms with E-state index in [1.807, 2.05) is 21.1 Å². The number of quaternary nitrogens is 1. The van der Waals surface area contributed by atoms with Crippen molar-refractivity contribution in [2.45, 2.75) is 251 Å². The number of nitrogens with zero attached hydrogens (tertiary/aromatic N) is 1. The van der Waals surface area contributed by atoms with E-state index in [1.54, 1.807) is 0 Å². The standard InChI is InChI=1S/C59H105NO8/c1-6-8-10-12-14-15-16-17-18-19-20-21-22-23-24-25-26-27-28-29-30-31-32-33-34-35-36-37-38-39-40-41-42-43-44-46-48-50-57(62)68-55(53-66-56(61)49-47-45-13-11-9-7-2)54-67-59(58(63)64)65-52-51-60(3,4)5/h8,10,14-15,17-18,20-21,23-24,55,59H,6-7,9,11-13,16,19,22,25-54H2,1-5H3/p+1/b10-8-,15-14-,18-17-,21-20-,24-23-. The summed E-state index contributed by atoms with van der Waals surface area (Å²) in [5.41, 5.74) is 0. The first kappa shape index (κ1) is 65.0. The second kappa shape index (κ2) is 50.4. The number of carbonyl (C=O) groups excluding carboxylic acids is 2. The number of esters is 2. The molecular formula is C59H106NO8+. The predicted octanol–water partition coefficient (Wildman–Crippen LogP) is 16.1. The summed E-state index contributed by atoms with van der Waals surface area (Å²) in [6.45, 7) is 4.70. The van der Waals surface area contributed by atoms with Crippen LogP contribution in [-0.4, -0.2) is 87.4 Å². The molecule has 0 spiro atoms. The number of carboxylic acid groups (broad SMARTS) is 1. The second-order valence-corrected chi connectivity index (χ2v) is 19.9. The fourth-order valence-corrected chi connectivity index (χ4v) is 7.75.